The lowest BCUT2D eigenvalue weighted by Crippen LogP contribution is -2.10. The first-order chi connectivity index (χ1) is 5.56. The third kappa shape index (κ3) is 1.86. The highest BCUT2D eigenvalue weighted by molar-refractivity contribution is 9.10. The molecule has 0 aromatic heterocycles. The van der Waals surface area contributed by atoms with E-state index in [4.69, 9.17) is 6.57 Å². The summed E-state index contributed by atoms with van der Waals surface area (Å²) in [7, 11) is 0. The average molecular weight is 224 g/mol. The Balaban J connectivity index is 3.14. The fourth-order valence-corrected chi connectivity index (χ4v) is 1.33. The van der Waals surface area contributed by atoms with Crippen LogP contribution in [0.3, 0.4) is 0 Å². The van der Waals surface area contributed by atoms with Crippen molar-refractivity contribution in [3.05, 3.63) is 45.7 Å². The minimum atomic E-state index is -0.413. The Bertz CT molecular complexity index is 323. The molecule has 0 bridgehead atoms. The van der Waals surface area contributed by atoms with Gasteiger partial charge in [0.05, 0.1) is 0 Å². The van der Waals surface area contributed by atoms with Crippen LogP contribution in [0.2, 0.25) is 0 Å². The highest BCUT2D eigenvalue weighted by atomic mass is 79.9. The van der Waals surface area contributed by atoms with Gasteiger partial charge in [-0.25, -0.2) is 6.57 Å². The van der Waals surface area contributed by atoms with Crippen LogP contribution in [0, 0.1) is 6.57 Å². The maximum absolute atomic E-state index is 7.02. The van der Waals surface area contributed by atoms with Gasteiger partial charge in [0.25, 0.3) is 5.54 Å². The van der Waals surface area contributed by atoms with E-state index in [1.807, 2.05) is 38.1 Å². The van der Waals surface area contributed by atoms with E-state index in [-0.39, 0.29) is 0 Å². The van der Waals surface area contributed by atoms with Gasteiger partial charge in [0, 0.05) is 23.9 Å². The van der Waals surface area contributed by atoms with E-state index in [9.17, 15) is 0 Å². The number of hydrogen-bond acceptors (Lipinski definition) is 0. The van der Waals surface area contributed by atoms with Gasteiger partial charge < -0.3 is 4.85 Å². The zero-order valence-electron chi connectivity index (χ0n) is 7.13. The lowest BCUT2D eigenvalue weighted by molar-refractivity contribution is 0.663. The fraction of sp³-hybridized carbons (Fsp3) is 0.300. The topological polar surface area (TPSA) is 4.36 Å². The largest absolute Gasteiger partial charge is 0.306 e. The molecule has 1 nitrogen and oxygen atoms in total. The highest BCUT2D eigenvalue weighted by Crippen LogP contribution is 2.26. The Morgan fingerprint density at radius 3 is 2.58 bits per heavy atom. The summed E-state index contributed by atoms with van der Waals surface area (Å²) in [6.45, 7) is 10.9. The van der Waals surface area contributed by atoms with Gasteiger partial charge in [-0.05, 0) is 12.1 Å². The molecule has 1 aromatic carbocycles. The average Bonchev–Trinajstić information content (AvgIpc) is 2.05. The van der Waals surface area contributed by atoms with Crippen molar-refractivity contribution in [2.45, 2.75) is 19.4 Å². The van der Waals surface area contributed by atoms with Crippen LogP contribution in [0.15, 0.2) is 28.7 Å². The zero-order valence-corrected chi connectivity index (χ0v) is 8.72. The third-order valence-corrected chi connectivity index (χ3v) is 2.30. The highest BCUT2D eigenvalue weighted by Gasteiger charge is 2.25. The summed E-state index contributed by atoms with van der Waals surface area (Å²) in [6, 6.07) is 7.87. The number of hydrogen-bond donors (Lipinski definition) is 0. The van der Waals surface area contributed by atoms with Crippen molar-refractivity contribution < 1.29 is 0 Å². The summed E-state index contributed by atoms with van der Waals surface area (Å²) >= 11 is 3.38. The van der Waals surface area contributed by atoms with Gasteiger partial charge in [-0.3, -0.25) is 0 Å². The van der Waals surface area contributed by atoms with Crippen molar-refractivity contribution in [3.8, 4) is 0 Å². The molecule has 0 spiro atoms. The predicted molar refractivity (Wildman–Crippen MR) is 53.8 cm³/mol. The van der Waals surface area contributed by atoms with Crippen molar-refractivity contribution in [2.75, 3.05) is 0 Å². The van der Waals surface area contributed by atoms with Crippen molar-refractivity contribution in [3.63, 3.8) is 0 Å². The minimum Gasteiger partial charge on any atom is -0.306 e. The number of nitrogens with zero attached hydrogens (tertiary/aromatic N) is 1. The van der Waals surface area contributed by atoms with E-state index in [1.165, 1.54) is 0 Å². The van der Waals surface area contributed by atoms with Gasteiger partial charge in [0.1, 0.15) is 0 Å². The molecule has 2 heteroatoms. The van der Waals surface area contributed by atoms with Crippen molar-refractivity contribution >= 4 is 15.9 Å². The first-order valence-corrected chi connectivity index (χ1v) is 4.50. The summed E-state index contributed by atoms with van der Waals surface area (Å²) in [4.78, 5) is 3.56. The van der Waals surface area contributed by atoms with Gasteiger partial charge in [-0.2, -0.15) is 0 Å². The number of halogens is 1. The lowest BCUT2D eigenvalue weighted by atomic mass is 9.96. The van der Waals surface area contributed by atoms with Crippen molar-refractivity contribution in [1.29, 1.82) is 0 Å². The monoisotopic (exact) mass is 223 g/mol. The van der Waals surface area contributed by atoms with E-state index < -0.39 is 5.54 Å². The summed E-state index contributed by atoms with van der Waals surface area (Å²) in [6.07, 6.45) is 0. The SMILES string of the molecule is [C-]#[N+]C(C)(C)c1cccc(Br)c1. The van der Waals surface area contributed by atoms with Crippen LogP contribution in [-0.4, -0.2) is 0 Å². The Morgan fingerprint density at radius 1 is 1.42 bits per heavy atom. The summed E-state index contributed by atoms with van der Waals surface area (Å²) in [5.74, 6) is 0. The van der Waals surface area contributed by atoms with Gasteiger partial charge in [0.2, 0.25) is 0 Å². The Labute approximate surface area is 81.4 Å². The summed E-state index contributed by atoms with van der Waals surface area (Å²) < 4.78 is 1.02. The second-order valence-corrected chi connectivity index (χ2v) is 4.10. The van der Waals surface area contributed by atoms with Gasteiger partial charge in [-0.15, -0.1) is 0 Å². The smallest absolute Gasteiger partial charge is 0.252 e. The second-order valence-electron chi connectivity index (χ2n) is 3.18. The third-order valence-electron chi connectivity index (χ3n) is 1.81. The molecule has 0 fully saturated rings. The quantitative estimate of drug-likeness (QED) is 0.642. The molecule has 0 saturated heterocycles. The first-order valence-electron chi connectivity index (χ1n) is 3.71. The second kappa shape index (κ2) is 3.28. The molecule has 62 valence electrons. The molecule has 0 saturated carbocycles. The number of rotatable bonds is 1. The van der Waals surface area contributed by atoms with Crippen LogP contribution in [0.1, 0.15) is 19.4 Å². The van der Waals surface area contributed by atoms with Crippen LogP contribution in [0.25, 0.3) is 4.85 Å². The van der Waals surface area contributed by atoms with Gasteiger partial charge in [-0.1, -0.05) is 28.1 Å². The molecule has 12 heavy (non-hydrogen) atoms. The Morgan fingerprint density at radius 2 is 2.08 bits per heavy atom. The molecule has 0 heterocycles. The molecule has 0 atom stereocenters. The molecule has 1 rings (SSSR count). The summed E-state index contributed by atoms with van der Waals surface area (Å²) in [5, 5.41) is 0. The molecule has 0 unspecified atom stereocenters. The molecule has 0 amide bonds. The first kappa shape index (κ1) is 9.28. The molecule has 1 aromatic rings. The van der Waals surface area contributed by atoms with E-state index in [0.717, 1.165) is 10.0 Å². The van der Waals surface area contributed by atoms with Gasteiger partial charge >= 0.3 is 0 Å². The number of benzene rings is 1. The molecule has 0 N–H and O–H groups in total. The van der Waals surface area contributed by atoms with Crippen LogP contribution < -0.4 is 0 Å². The van der Waals surface area contributed by atoms with Crippen LogP contribution in [0.5, 0.6) is 0 Å². The Kier molecular flexibility index (Phi) is 2.54. The molecular weight excluding hydrogens is 214 g/mol. The maximum atomic E-state index is 7.02. The van der Waals surface area contributed by atoms with E-state index >= 15 is 0 Å². The summed E-state index contributed by atoms with van der Waals surface area (Å²) in [5.41, 5.74) is 0.635. The van der Waals surface area contributed by atoms with Gasteiger partial charge in [0.15, 0.2) is 0 Å². The van der Waals surface area contributed by atoms with Crippen LogP contribution in [0.4, 0.5) is 0 Å². The van der Waals surface area contributed by atoms with Crippen LogP contribution in [-0.2, 0) is 5.54 Å². The van der Waals surface area contributed by atoms with E-state index in [0.29, 0.717) is 0 Å². The molecule has 0 aliphatic rings. The van der Waals surface area contributed by atoms with E-state index in [1.54, 1.807) is 0 Å². The standard InChI is InChI=1S/C10H10BrN/c1-10(2,12-3)8-5-4-6-9(11)7-8/h4-7H,1-2H3. The lowest BCUT2D eigenvalue weighted by Gasteiger charge is -2.10. The van der Waals surface area contributed by atoms with Crippen molar-refractivity contribution in [2.24, 2.45) is 0 Å². The molecule has 0 aliphatic carbocycles. The maximum Gasteiger partial charge on any atom is 0.252 e. The fourth-order valence-electron chi connectivity index (χ4n) is 0.934. The van der Waals surface area contributed by atoms with E-state index in [2.05, 4.69) is 20.8 Å². The predicted octanol–water partition coefficient (Wildman–Crippen LogP) is 3.60. The normalized spacial score (nSPS) is 10.8. The molecule has 0 aliphatic heterocycles. The minimum absolute atomic E-state index is 0.413. The molecule has 0 radical (unpaired) electrons. The van der Waals surface area contributed by atoms with Crippen LogP contribution >= 0.6 is 15.9 Å². The van der Waals surface area contributed by atoms with Crippen molar-refractivity contribution in [1.82, 2.24) is 0 Å². The molecular formula is C10H10BrN. The zero-order chi connectivity index (χ0) is 9.19. The Hall–Kier alpha value is -0.810.